The number of esters is 2. The monoisotopic (exact) mass is 606 g/mol. The smallest absolute Gasteiger partial charge is 0.338 e. The van der Waals surface area contributed by atoms with Crippen LogP contribution in [0.25, 0.3) is 22.3 Å². The van der Waals surface area contributed by atoms with Crippen molar-refractivity contribution in [2.24, 2.45) is 0 Å². The first-order valence-corrected chi connectivity index (χ1v) is 13.1. The van der Waals surface area contributed by atoms with Crippen LogP contribution in [0.3, 0.4) is 0 Å². The molecule has 4 aromatic rings. The Bertz CT molecular complexity index is 1560. The van der Waals surface area contributed by atoms with Gasteiger partial charge in [0.2, 0.25) is 11.5 Å². The van der Waals surface area contributed by atoms with E-state index in [9.17, 15) is 27.2 Å². The Morgan fingerprint density at radius 2 is 0.841 bits per heavy atom. The molecule has 0 fully saturated rings. The minimum absolute atomic E-state index is 0.00621. The SMILES string of the molecule is C=C(C)C(=O)Oc1c(F)cc(-c2ccc(OCCOc3ccc(-c4cc(F)c(OC(=O)C(=C)C)c(F)c4)cc3)cc2)cc1F. The molecule has 0 radical (unpaired) electrons. The third-order valence-corrected chi connectivity index (χ3v) is 6.08. The number of rotatable bonds is 11. The second-order valence-corrected chi connectivity index (χ2v) is 9.62. The molecule has 0 amide bonds. The summed E-state index contributed by atoms with van der Waals surface area (Å²) in [4.78, 5) is 23.2. The van der Waals surface area contributed by atoms with Gasteiger partial charge >= 0.3 is 11.9 Å². The molecular weight excluding hydrogens is 580 g/mol. The van der Waals surface area contributed by atoms with Gasteiger partial charge in [-0.3, -0.25) is 0 Å². The van der Waals surface area contributed by atoms with Crippen LogP contribution in [-0.2, 0) is 9.59 Å². The molecule has 10 heteroatoms. The van der Waals surface area contributed by atoms with Gasteiger partial charge < -0.3 is 18.9 Å². The molecule has 0 atom stereocenters. The van der Waals surface area contributed by atoms with Crippen molar-refractivity contribution in [2.45, 2.75) is 13.8 Å². The van der Waals surface area contributed by atoms with Gasteiger partial charge in [-0.25, -0.2) is 27.2 Å². The lowest BCUT2D eigenvalue weighted by Gasteiger charge is -2.11. The van der Waals surface area contributed by atoms with Crippen LogP contribution in [0.4, 0.5) is 17.6 Å². The largest absolute Gasteiger partial charge is 0.490 e. The van der Waals surface area contributed by atoms with Gasteiger partial charge in [-0.2, -0.15) is 0 Å². The number of ether oxygens (including phenoxy) is 4. The van der Waals surface area contributed by atoms with Crippen molar-refractivity contribution in [1.29, 1.82) is 0 Å². The Kier molecular flexibility index (Phi) is 9.85. The van der Waals surface area contributed by atoms with E-state index in [4.69, 9.17) is 18.9 Å². The summed E-state index contributed by atoms with van der Waals surface area (Å²) in [5.74, 6) is -6.59. The van der Waals surface area contributed by atoms with Gasteiger partial charge in [-0.05, 0) is 84.6 Å². The zero-order chi connectivity index (χ0) is 32.0. The fourth-order valence-corrected chi connectivity index (χ4v) is 3.81. The van der Waals surface area contributed by atoms with Crippen LogP contribution in [0.15, 0.2) is 97.1 Å². The summed E-state index contributed by atoms with van der Waals surface area (Å²) in [6, 6.07) is 17.2. The normalized spacial score (nSPS) is 10.6. The van der Waals surface area contributed by atoms with E-state index in [0.717, 1.165) is 24.3 Å². The quantitative estimate of drug-likeness (QED) is 0.0567. The van der Waals surface area contributed by atoms with Crippen molar-refractivity contribution in [3.63, 3.8) is 0 Å². The molecule has 4 rings (SSSR count). The Balaban J connectivity index is 1.30. The highest BCUT2D eigenvalue weighted by Crippen LogP contribution is 2.32. The van der Waals surface area contributed by atoms with E-state index in [1.54, 1.807) is 48.5 Å². The summed E-state index contributed by atoms with van der Waals surface area (Å²) in [7, 11) is 0. The molecule has 0 aliphatic heterocycles. The highest BCUT2D eigenvalue weighted by atomic mass is 19.1. The fourth-order valence-electron chi connectivity index (χ4n) is 3.81. The highest BCUT2D eigenvalue weighted by Gasteiger charge is 2.19. The predicted molar refractivity (Wildman–Crippen MR) is 155 cm³/mol. The standard InChI is InChI=1S/C34H26F4O6/c1-19(2)33(39)43-31-27(35)15-23(16-28(31)36)21-5-9-25(10-6-21)41-13-14-42-26-11-7-22(8-12-26)24-17-29(37)32(30(38)18-24)44-34(40)20(3)4/h5-12,15-18H,1,3,13-14H2,2,4H3. The molecule has 0 unspecified atom stereocenters. The molecule has 4 aromatic carbocycles. The van der Waals surface area contributed by atoms with E-state index in [1.807, 2.05) is 0 Å². The van der Waals surface area contributed by atoms with Gasteiger partial charge in [0.05, 0.1) is 0 Å². The molecule has 0 aliphatic carbocycles. The molecular formula is C34H26F4O6. The van der Waals surface area contributed by atoms with Crippen LogP contribution < -0.4 is 18.9 Å². The second kappa shape index (κ2) is 13.7. The third kappa shape index (κ3) is 7.71. The van der Waals surface area contributed by atoms with E-state index in [2.05, 4.69) is 13.2 Å². The van der Waals surface area contributed by atoms with Crippen LogP contribution in [0.1, 0.15) is 13.8 Å². The van der Waals surface area contributed by atoms with Crippen molar-refractivity contribution >= 4 is 11.9 Å². The molecule has 0 bridgehead atoms. The maximum absolute atomic E-state index is 14.4. The number of carbonyl (C=O) groups is 2. The van der Waals surface area contributed by atoms with Crippen LogP contribution in [0.2, 0.25) is 0 Å². The Morgan fingerprint density at radius 1 is 0.545 bits per heavy atom. The summed E-state index contributed by atoms with van der Waals surface area (Å²) in [6.07, 6.45) is 0. The number of hydrogen-bond donors (Lipinski definition) is 0. The lowest BCUT2D eigenvalue weighted by Crippen LogP contribution is -2.10. The summed E-state index contributed by atoms with van der Waals surface area (Å²) in [5, 5.41) is 0. The molecule has 0 saturated carbocycles. The Morgan fingerprint density at radius 3 is 1.11 bits per heavy atom. The van der Waals surface area contributed by atoms with Gasteiger partial charge in [0.15, 0.2) is 23.3 Å². The molecule has 0 saturated heterocycles. The van der Waals surface area contributed by atoms with E-state index < -0.39 is 46.7 Å². The predicted octanol–water partition coefficient (Wildman–Crippen LogP) is 8.00. The molecule has 0 aliphatic rings. The van der Waals surface area contributed by atoms with Crippen LogP contribution in [-0.4, -0.2) is 25.2 Å². The molecule has 226 valence electrons. The average Bonchev–Trinajstić information content (AvgIpc) is 2.99. The molecule has 44 heavy (non-hydrogen) atoms. The van der Waals surface area contributed by atoms with Gasteiger partial charge in [0.1, 0.15) is 24.7 Å². The lowest BCUT2D eigenvalue weighted by molar-refractivity contribution is -0.131. The van der Waals surface area contributed by atoms with Gasteiger partial charge in [0.25, 0.3) is 0 Å². The summed E-state index contributed by atoms with van der Waals surface area (Å²) < 4.78 is 78.5. The minimum Gasteiger partial charge on any atom is -0.490 e. The van der Waals surface area contributed by atoms with E-state index in [-0.39, 0.29) is 35.5 Å². The van der Waals surface area contributed by atoms with E-state index in [1.165, 1.54) is 13.8 Å². The second-order valence-electron chi connectivity index (χ2n) is 9.62. The summed E-state index contributed by atoms with van der Waals surface area (Å²) in [5.41, 5.74) is 1.50. The molecule has 0 N–H and O–H groups in total. The number of carbonyl (C=O) groups excluding carboxylic acids is 2. The van der Waals surface area contributed by atoms with Crippen molar-refractivity contribution < 1.29 is 46.1 Å². The highest BCUT2D eigenvalue weighted by molar-refractivity contribution is 5.89. The van der Waals surface area contributed by atoms with Gasteiger partial charge in [-0.15, -0.1) is 0 Å². The van der Waals surface area contributed by atoms with Crippen molar-refractivity contribution in [2.75, 3.05) is 13.2 Å². The van der Waals surface area contributed by atoms with Crippen LogP contribution in [0, 0.1) is 23.3 Å². The topological polar surface area (TPSA) is 71.1 Å². The number of halogens is 4. The third-order valence-electron chi connectivity index (χ3n) is 6.08. The van der Waals surface area contributed by atoms with Gasteiger partial charge in [0, 0.05) is 11.1 Å². The average molecular weight is 607 g/mol. The zero-order valence-electron chi connectivity index (χ0n) is 23.7. The maximum atomic E-state index is 14.4. The maximum Gasteiger partial charge on any atom is 0.338 e. The van der Waals surface area contributed by atoms with E-state index >= 15 is 0 Å². The summed E-state index contributed by atoms with van der Waals surface area (Å²) >= 11 is 0. The van der Waals surface area contributed by atoms with E-state index in [0.29, 0.717) is 22.6 Å². The zero-order valence-corrected chi connectivity index (χ0v) is 23.7. The lowest BCUT2D eigenvalue weighted by atomic mass is 10.0. The first kappa shape index (κ1) is 31.6. The Labute approximate surface area is 250 Å². The van der Waals surface area contributed by atoms with Crippen LogP contribution in [0.5, 0.6) is 23.0 Å². The summed E-state index contributed by atoms with van der Waals surface area (Å²) in [6.45, 7) is 9.85. The molecule has 0 aromatic heterocycles. The van der Waals surface area contributed by atoms with Crippen molar-refractivity contribution in [3.05, 3.63) is 120 Å². The molecule has 0 heterocycles. The van der Waals surface area contributed by atoms with Gasteiger partial charge in [-0.1, -0.05) is 37.4 Å². The molecule has 6 nitrogen and oxygen atoms in total. The minimum atomic E-state index is -1.03. The fraction of sp³-hybridized carbons (Fsp3) is 0.118. The Hall–Kier alpha value is -5.38. The number of hydrogen-bond acceptors (Lipinski definition) is 6. The number of benzene rings is 4. The van der Waals surface area contributed by atoms with Crippen LogP contribution >= 0.6 is 0 Å². The first-order chi connectivity index (χ1) is 20.9. The molecule has 0 spiro atoms. The first-order valence-electron chi connectivity index (χ1n) is 13.1. The van der Waals surface area contributed by atoms with Crippen molar-refractivity contribution in [1.82, 2.24) is 0 Å². The van der Waals surface area contributed by atoms with Crippen molar-refractivity contribution in [3.8, 4) is 45.3 Å².